The zero-order valence-corrected chi connectivity index (χ0v) is 9.25. The molecule has 0 saturated carbocycles. The molecule has 1 aromatic rings. The molecular formula is C12H17NO2. The summed E-state index contributed by atoms with van der Waals surface area (Å²) in [5.74, 6) is -0.103. The van der Waals surface area contributed by atoms with Crippen molar-refractivity contribution in [3.05, 3.63) is 29.8 Å². The second-order valence-corrected chi connectivity index (χ2v) is 3.47. The maximum atomic E-state index is 11.4. The Hall–Kier alpha value is -1.35. The van der Waals surface area contributed by atoms with E-state index in [1.54, 1.807) is 0 Å². The Morgan fingerprint density at radius 1 is 1.47 bits per heavy atom. The molecule has 0 radical (unpaired) electrons. The maximum Gasteiger partial charge on any atom is 0.250 e. The van der Waals surface area contributed by atoms with Gasteiger partial charge in [-0.1, -0.05) is 19.1 Å². The Morgan fingerprint density at radius 3 is 2.93 bits per heavy atom. The van der Waals surface area contributed by atoms with Crippen LogP contribution in [-0.2, 0) is 9.53 Å². The fourth-order valence-corrected chi connectivity index (χ4v) is 1.23. The molecule has 15 heavy (non-hydrogen) atoms. The van der Waals surface area contributed by atoms with E-state index in [0.717, 1.165) is 17.7 Å². The normalized spacial score (nSPS) is 10.0. The first-order chi connectivity index (χ1) is 7.22. The van der Waals surface area contributed by atoms with Crippen molar-refractivity contribution < 1.29 is 9.53 Å². The van der Waals surface area contributed by atoms with Gasteiger partial charge in [-0.2, -0.15) is 0 Å². The predicted octanol–water partition coefficient (Wildman–Crippen LogP) is 2.36. The van der Waals surface area contributed by atoms with E-state index in [4.69, 9.17) is 4.74 Å². The summed E-state index contributed by atoms with van der Waals surface area (Å²) in [5.41, 5.74) is 1.95. The number of benzene rings is 1. The van der Waals surface area contributed by atoms with Gasteiger partial charge in [-0.3, -0.25) is 4.79 Å². The molecule has 0 atom stereocenters. The molecule has 1 rings (SSSR count). The van der Waals surface area contributed by atoms with Crippen LogP contribution in [0.4, 0.5) is 5.69 Å². The quantitative estimate of drug-likeness (QED) is 0.753. The highest BCUT2D eigenvalue weighted by molar-refractivity contribution is 5.91. The number of hydrogen-bond acceptors (Lipinski definition) is 2. The summed E-state index contributed by atoms with van der Waals surface area (Å²) in [7, 11) is 0. The molecule has 1 aromatic carbocycles. The van der Waals surface area contributed by atoms with Crippen LogP contribution in [0.2, 0.25) is 0 Å². The largest absolute Gasteiger partial charge is 0.372 e. The van der Waals surface area contributed by atoms with Crippen LogP contribution in [0.3, 0.4) is 0 Å². The Morgan fingerprint density at radius 2 is 2.27 bits per heavy atom. The van der Waals surface area contributed by atoms with Crippen molar-refractivity contribution in [3.63, 3.8) is 0 Å². The Bertz CT molecular complexity index is 323. The molecule has 3 nitrogen and oxygen atoms in total. The SMILES string of the molecule is CCCOCC(=O)Nc1cccc(C)c1. The molecule has 82 valence electrons. The summed E-state index contributed by atoms with van der Waals surface area (Å²) in [4.78, 5) is 11.4. The van der Waals surface area contributed by atoms with Crippen LogP contribution in [0.25, 0.3) is 0 Å². The monoisotopic (exact) mass is 207 g/mol. The Kier molecular flexibility index (Phi) is 4.84. The Labute approximate surface area is 90.4 Å². The van der Waals surface area contributed by atoms with Gasteiger partial charge in [0.2, 0.25) is 5.91 Å². The molecule has 0 saturated heterocycles. The molecule has 0 aliphatic carbocycles. The first kappa shape index (κ1) is 11.7. The van der Waals surface area contributed by atoms with E-state index in [0.29, 0.717) is 6.61 Å². The minimum atomic E-state index is -0.103. The van der Waals surface area contributed by atoms with E-state index in [9.17, 15) is 4.79 Å². The molecular weight excluding hydrogens is 190 g/mol. The lowest BCUT2D eigenvalue weighted by Gasteiger charge is -2.06. The van der Waals surface area contributed by atoms with E-state index in [-0.39, 0.29) is 12.5 Å². The van der Waals surface area contributed by atoms with Gasteiger partial charge in [-0.15, -0.1) is 0 Å². The molecule has 0 unspecified atom stereocenters. The average Bonchev–Trinajstić information content (AvgIpc) is 2.18. The van der Waals surface area contributed by atoms with Gasteiger partial charge >= 0.3 is 0 Å². The second kappa shape index (κ2) is 6.19. The number of anilines is 1. The topological polar surface area (TPSA) is 38.3 Å². The third kappa shape index (κ3) is 4.61. The number of ether oxygens (including phenoxy) is 1. The summed E-state index contributed by atoms with van der Waals surface area (Å²) in [6.07, 6.45) is 0.928. The highest BCUT2D eigenvalue weighted by Crippen LogP contribution is 2.08. The van der Waals surface area contributed by atoms with Crippen LogP contribution in [0.1, 0.15) is 18.9 Å². The first-order valence-corrected chi connectivity index (χ1v) is 5.16. The van der Waals surface area contributed by atoms with E-state index < -0.39 is 0 Å². The number of rotatable bonds is 5. The highest BCUT2D eigenvalue weighted by atomic mass is 16.5. The summed E-state index contributed by atoms with van der Waals surface area (Å²) in [5, 5.41) is 2.78. The summed E-state index contributed by atoms with van der Waals surface area (Å²) >= 11 is 0. The van der Waals surface area contributed by atoms with Gasteiger partial charge in [0, 0.05) is 12.3 Å². The van der Waals surface area contributed by atoms with Crippen LogP contribution in [0.15, 0.2) is 24.3 Å². The molecule has 3 heteroatoms. The van der Waals surface area contributed by atoms with Gasteiger partial charge in [-0.05, 0) is 31.0 Å². The number of nitrogens with one attached hydrogen (secondary N) is 1. The minimum Gasteiger partial charge on any atom is -0.372 e. The fourth-order valence-electron chi connectivity index (χ4n) is 1.23. The lowest BCUT2D eigenvalue weighted by Crippen LogP contribution is -2.18. The molecule has 0 fully saturated rings. The zero-order chi connectivity index (χ0) is 11.1. The number of aryl methyl sites for hydroxylation is 1. The van der Waals surface area contributed by atoms with Crippen LogP contribution in [0.5, 0.6) is 0 Å². The molecule has 0 aromatic heterocycles. The van der Waals surface area contributed by atoms with Crippen molar-refractivity contribution in [2.75, 3.05) is 18.5 Å². The highest BCUT2D eigenvalue weighted by Gasteiger charge is 2.01. The van der Waals surface area contributed by atoms with Crippen molar-refractivity contribution in [3.8, 4) is 0 Å². The van der Waals surface area contributed by atoms with Crippen molar-refractivity contribution >= 4 is 11.6 Å². The molecule has 0 heterocycles. The van der Waals surface area contributed by atoms with Crippen molar-refractivity contribution in [1.29, 1.82) is 0 Å². The van der Waals surface area contributed by atoms with Crippen LogP contribution in [0, 0.1) is 6.92 Å². The molecule has 1 amide bonds. The smallest absolute Gasteiger partial charge is 0.250 e. The van der Waals surface area contributed by atoms with Crippen LogP contribution >= 0.6 is 0 Å². The van der Waals surface area contributed by atoms with Crippen LogP contribution in [-0.4, -0.2) is 19.1 Å². The lowest BCUT2D eigenvalue weighted by atomic mass is 10.2. The molecule has 0 aliphatic heterocycles. The summed E-state index contributed by atoms with van der Waals surface area (Å²) in [6, 6.07) is 7.70. The van der Waals surface area contributed by atoms with E-state index >= 15 is 0 Å². The minimum absolute atomic E-state index is 0.103. The summed E-state index contributed by atoms with van der Waals surface area (Å²) in [6.45, 7) is 4.75. The van der Waals surface area contributed by atoms with Gasteiger partial charge in [0.15, 0.2) is 0 Å². The van der Waals surface area contributed by atoms with Gasteiger partial charge in [0.05, 0.1) is 0 Å². The van der Waals surface area contributed by atoms with E-state index in [2.05, 4.69) is 5.32 Å². The van der Waals surface area contributed by atoms with Crippen molar-refractivity contribution in [2.24, 2.45) is 0 Å². The van der Waals surface area contributed by atoms with Crippen molar-refractivity contribution in [1.82, 2.24) is 0 Å². The third-order valence-electron chi connectivity index (χ3n) is 1.88. The average molecular weight is 207 g/mol. The number of amides is 1. The maximum absolute atomic E-state index is 11.4. The zero-order valence-electron chi connectivity index (χ0n) is 9.25. The van der Waals surface area contributed by atoms with Crippen LogP contribution < -0.4 is 5.32 Å². The summed E-state index contributed by atoms with van der Waals surface area (Å²) < 4.78 is 5.13. The van der Waals surface area contributed by atoms with E-state index in [1.165, 1.54) is 0 Å². The fraction of sp³-hybridized carbons (Fsp3) is 0.417. The molecule has 1 N–H and O–H groups in total. The number of hydrogen-bond donors (Lipinski definition) is 1. The lowest BCUT2D eigenvalue weighted by molar-refractivity contribution is -0.120. The number of carbonyl (C=O) groups is 1. The Balaban J connectivity index is 2.37. The molecule has 0 spiro atoms. The first-order valence-electron chi connectivity index (χ1n) is 5.16. The van der Waals surface area contributed by atoms with Gasteiger partial charge in [0.25, 0.3) is 0 Å². The standard InChI is InChI=1S/C12H17NO2/c1-3-7-15-9-12(14)13-11-6-4-5-10(2)8-11/h4-6,8H,3,7,9H2,1-2H3,(H,13,14). The molecule has 0 bridgehead atoms. The third-order valence-corrected chi connectivity index (χ3v) is 1.88. The molecule has 0 aliphatic rings. The van der Waals surface area contributed by atoms with Gasteiger partial charge in [0.1, 0.15) is 6.61 Å². The number of carbonyl (C=O) groups excluding carboxylic acids is 1. The van der Waals surface area contributed by atoms with Crippen molar-refractivity contribution in [2.45, 2.75) is 20.3 Å². The van der Waals surface area contributed by atoms with Gasteiger partial charge in [-0.25, -0.2) is 0 Å². The van der Waals surface area contributed by atoms with E-state index in [1.807, 2.05) is 38.1 Å². The predicted molar refractivity (Wildman–Crippen MR) is 60.9 cm³/mol. The van der Waals surface area contributed by atoms with Gasteiger partial charge < -0.3 is 10.1 Å². The second-order valence-electron chi connectivity index (χ2n) is 3.47.